The molecule has 15 rings (SSSR count). The molecule has 5 nitrogen and oxygen atoms in total. The summed E-state index contributed by atoms with van der Waals surface area (Å²) < 4.78 is 9.63. The molecule has 0 spiro atoms. The van der Waals surface area contributed by atoms with Crippen molar-refractivity contribution in [3.63, 3.8) is 0 Å². The maximum Gasteiger partial charge on any atom is 0.104 e. The highest BCUT2D eigenvalue weighted by molar-refractivity contribution is 6.28. The molecule has 0 N–H and O–H groups in total. The summed E-state index contributed by atoms with van der Waals surface area (Å²) >= 11 is 0. The molecule has 0 fully saturated rings. The average molecular weight is 916 g/mol. The Balaban J connectivity index is 1.19. The predicted octanol–water partition coefficient (Wildman–Crippen LogP) is 17.3. The average Bonchev–Trinajstić information content (AvgIpc) is 4.18. The molecule has 72 heavy (non-hydrogen) atoms. The first-order chi connectivity index (χ1) is 35.8. The van der Waals surface area contributed by atoms with Gasteiger partial charge in [0.2, 0.25) is 0 Å². The van der Waals surface area contributed by atoms with Gasteiger partial charge in [0.15, 0.2) is 0 Å². The van der Waals surface area contributed by atoms with Crippen molar-refractivity contribution in [3.8, 4) is 51.1 Å². The smallest absolute Gasteiger partial charge is 0.104 e. The van der Waals surface area contributed by atoms with Gasteiger partial charge in [0.05, 0.1) is 55.5 Å². The molecule has 5 heteroatoms. The second kappa shape index (κ2) is 15.6. The molecule has 0 saturated carbocycles. The molecule has 334 valence electrons. The fourth-order valence-electron chi connectivity index (χ4n) is 12.1. The van der Waals surface area contributed by atoms with Gasteiger partial charge in [0, 0.05) is 65.6 Å². The number of para-hydroxylation sites is 6. The molecule has 0 bridgehead atoms. The SMILES string of the molecule is N#Cc1c(-n2c3ccccc3c3ccc4c(c5ccccc5n4-c4ccccc4)c32)c(-c2ccccc2)cc(-c2ccccc2)c1-n1c2ccccc2c2ccc3c(c4ccccc4n3-c3ccccc3)c21. The van der Waals surface area contributed by atoms with Gasteiger partial charge in [-0.2, -0.15) is 5.26 Å². The third kappa shape index (κ3) is 5.57. The van der Waals surface area contributed by atoms with Crippen LogP contribution < -0.4 is 0 Å². The molecule has 0 unspecified atom stereocenters. The molecule has 0 atom stereocenters. The van der Waals surface area contributed by atoms with Crippen LogP contribution in [0.4, 0.5) is 0 Å². The van der Waals surface area contributed by atoms with Gasteiger partial charge in [-0.3, -0.25) is 0 Å². The second-order valence-electron chi connectivity index (χ2n) is 18.7. The fraction of sp³-hybridized carbons (Fsp3) is 0. The van der Waals surface area contributed by atoms with Crippen LogP contribution in [0.15, 0.2) is 249 Å². The van der Waals surface area contributed by atoms with Gasteiger partial charge in [-0.25, -0.2) is 0 Å². The van der Waals surface area contributed by atoms with Crippen molar-refractivity contribution in [2.75, 3.05) is 0 Å². The maximum absolute atomic E-state index is 12.5. The molecule has 11 aromatic carbocycles. The summed E-state index contributed by atoms with van der Waals surface area (Å²) in [5.41, 5.74) is 17.0. The van der Waals surface area contributed by atoms with Gasteiger partial charge < -0.3 is 18.3 Å². The lowest BCUT2D eigenvalue weighted by Crippen LogP contribution is -2.09. The zero-order valence-electron chi connectivity index (χ0n) is 38.9. The maximum atomic E-state index is 12.5. The molecular formula is C67H41N5. The van der Waals surface area contributed by atoms with E-state index in [1.807, 2.05) is 0 Å². The summed E-state index contributed by atoms with van der Waals surface area (Å²) in [4.78, 5) is 0. The summed E-state index contributed by atoms with van der Waals surface area (Å²) in [7, 11) is 0. The Morgan fingerprint density at radius 3 is 1.00 bits per heavy atom. The van der Waals surface area contributed by atoms with Gasteiger partial charge in [0.25, 0.3) is 0 Å². The van der Waals surface area contributed by atoms with Crippen LogP contribution in [0.1, 0.15) is 5.56 Å². The highest BCUT2D eigenvalue weighted by Crippen LogP contribution is 2.50. The lowest BCUT2D eigenvalue weighted by Gasteiger charge is -2.24. The van der Waals surface area contributed by atoms with Crippen LogP contribution in [0.2, 0.25) is 0 Å². The lowest BCUT2D eigenvalue weighted by atomic mass is 9.91. The molecule has 0 amide bonds. The number of aromatic nitrogens is 4. The number of hydrogen-bond donors (Lipinski definition) is 0. The summed E-state index contributed by atoms with van der Waals surface area (Å²) in [6.45, 7) is 0. The number of nitriles is 1. The molecule has 4 heterocycles. The first kappa shape index (κ1) is 40.0. The van der Waals surface area contributed by atoms with Crippen molar-refractivity contribution in [1.29, 1.82) is 5.26 Å². The molecule has 0 aliphatic heterocycles. The normalized spacial score (nSPS) is 11.9. The molecular weight excluding hydrogens is 875 g/mol. The van der Waals surface area contributed by atoms with E-state index >= 15 is 0 Å². The quantitative estimate of drug-likeness (QED) is 0.164. The van der Waals surface area contributed by atoms with E-state index in [0.717, 1.165) is 132 Å². The molecule has 0 radical (unpaired) electrons. The van der Waals surface area contributed by atoms with E-state index < -0.39 is 0 Å². The minimum absolute atomic E-state index is 0.577. The Morgan fingerprint density at radius 1 is 0.278 bits per heavy atom. The zero-order valence-corrected chi connectivity index (χ0v) is 38.9. The van der Waals surface area contributed by atoms with Crippen molar-refractivity contribution in [1.82, 2.24) is 18.3 Å². The van der Waals surface area contributed by atoms with Crippen LogP contribution in [0.5, 0.6) is 0 Å². The number of benzene rings is 11. The highest BCUT2D eigenvalue weighted by atomic mass is 15.1. The van der Waals surface area contributed by atoms with Crippen molar-refractivity contribution in [2.45, 2.75) is 0 Å². The number of hydrogen-bond acceptors (Lipinski definition) is 1. The van der Waals surface area contributed by atoms with E-state index in [9.17, 15) is 5.26 Å². The largest absolute Gasteiger partial charge is 0.309 e. The Kier molecular flexibility index (Phi) is 8.66. The predicted molar refractivity (Wildman–Crippen MR) is 299 cm³/mol. The lowest BCUT2D eigenvalue weighted by molar-refractivity contribution is 1.12. The third-order valence-corrected chi connectivity index (χ3v) is 15.0. The molecule has 4 aromatic heterocycles. The van der Waals surface area contributed by atoms with Crippen LogP contribution >= 0.6 is 0 Å². The van der Waals surface area contributed by atoms with Gasteiger partial charge in [-0.05, 0) is 77.9 Å². The Morgan fingerprint density at radius 2 is 0.611 bits per heavy atom. The molecule has 0 saturated heterocycles. The van der Waals surface area contributed by atoms with Crippen molar-refractivity contribution in [2.24, 2.45) is 0 Å². The standard InChI is InChI=1S/C67H41N5/c68-42-55-64(71-56-33-17-13-29-47(56)49-37-39-60-62(66(49)71)51-31-15-19-35-58(51)69(60)45-25-9-3-10-26-45)53(43-21-5-1-6-22-43)41-54(44-23-7-2-8-24-44)65(55)72-57-34-18-14-30-48(57)50-38-40-61-63(67(50)72)52-32-16-20-36-59(52)70(61)46-27-11-4-12-28-46/h1-41H. The summed E-state index contributed by atoms with van der Waals surface area (Å²) in [6, 6.07) is 92.0. The van der Waals surface area contributed by atoms with E-state index in [0.29, 0.717) is 5.56 Å². The van der Waals surface area contributed by atoms with E-state index in [-0.39, 0.29) is 0 Å². The zero-order chi connectivity index (χ0) is 47.4. The van der Waals surface area contributed by atoms with Crippen LogP contribution in [0.3, 0.4) is 0 Å². The minimum atomic E-state index is 0.577. The van der Waals surface area contributed by atoms with Crippen LogP contribution in [0, 0.1) is 11.3 Å². The summed E-state index contributed by atoms with van der Waals surface area (Å²) in [5, 5.41) is 21.6. The molecule has 0 aliphatic carbocycles. The van der Waals surface area contributed by atoms with Crippen molar-refractivity contribution < 1.29 is 0 Å². The van der Waals surface area contributed by atoms with Crippen LogP contribution in [-0.4, -0.2) is 18.3 Å². The van der Waals surface area contributed by atoms with Gasteiger partial charge in [-0.1, -0.05) is 182 Å². The monoisotopic (exact) mass is 915 g/mol. The van der Waals surface area contributed by atoms with Crippen molar-refractivity contribution >= 4 is 87.2 Å². The van der Waals surface area contributed by atoms with Gasteiger partial charge in [0.1, 0.15) is 11.6 Å². The number of rotatable bonds is 6. The highest BCUT2D eigenvalue weighted by Gasteiger charge is 2.30. The van der Waals surface area contributed by atoms with Gasteiger partial charge >= 0.3 is 0 Å². The van der Waals surface area contributed by atoms with E-state index in [4.69, 9.17) is 0 Å². The Labute approximate surface area is 414 Å². The fourth-order valence-corrected chi connectivity index (χ4v) is 12.1. The Bertz CT molecular complexity index is 4430. The van der Waals surface area contributed by atoms with Crippen molar-refractivity contribution in [3.05, 3.63) is 254 Å². The second-order valence-corrected chi connectivity index (χ2v) is 18.7. The van der Waals surface area contributed by atoms with E-state index in [2.05, 4.69) is 273 Å². The summed E-state index contributed by atoms with van der Waals surface area (Å²) in [6.07, 6.45) is 0. The first-order valence-corrected chi connectivity index (χ1v) is 24.5. The molecule has 0 aliphatic rings. The topological polar surface area (TPSA) is 43.5 Å². The molecule has 15 aromatic rings. The Hall–Kier alpha value is -9.89. The number of fused-ring (bicyclic) bond motifs is 14. The van der Waals surface area contributed by atoms with E-state index in [1.165, 1.54) is 0 Å². The minimum Gasteiger partial charge on any atom is -0.309 e. The third-order valence-electron chi connectivity index (χ3n) is 15.0. The number of nitrogens with zero attached hydrogens (tertiary/aromatic N) is 5. The van der Waals surface area contributed by atoms with Gasteiger partial charge in [-0.15, -0.1) is 0 Å². The van der Waals surface area contributed by atoms with Crippen LogP contribution in [-0.2, 0) is 0 Å². The summed E-state index contributed by atoms with van der Waals surface area (Å²) in [5.74, 6) is 0. The van der Waals surface area contributed by atoms with Crippen LogP contribution in [0.25, 0.3) is 132 Å². The van der Waals surface area contributed by atoms with E-state index in [1.54, 1.807) is 0 Å². The first-order valence-electron chi connectivity index (χ1n) is 24.5.